The maximum atomic E-state index is 12.3. The van der Waals surface area contributed by atoms with Gasteiger partial charge in [0.1, 0.15) is 11.4 Å². The number of nitrogens with one attached hydrogen (secondary N) is 2. The zero-order chi connectivity index (χ0) is 15.7. The number of hydrogen-bond donors (Lipinski definition) is 4. The van der Waals surface area contributed by atoms with Gasteiger partial charge in [0.15, 0.2) is 0 Å². The fourth-order valence-corrected chi connectivity index (χ4v) is 3.09. The lowest BCUT2D eigenvalue weighted by atomic mass is 9.84. The first kappa shape index (κ1) is 14.4. The summed E-state index contributed by atoms with van der Waals surface area (Å²) >= 11 is 0. The minimum atomic E-state index is -0.855. The molecule has 1 aliphatic rings. The molecule has 1 saturated carbocycles. The molecule has 1 aromatic heterocycles. The van der Waals surface area contributed by atoms with Crippen LogP contribution in [0.2, 0.25) is 0 Å². The van der Waals surface area contributed by atoms with Crippen molar-refractivity contribution in [2.75, 3.05) is 0 Å². The summed E-state index contributed by atoms with van der Waals surface area (Å²) in [6.07, 6.45) is 3.09. The molecule has 1 aromatic carbocycles. The molecule has 0 aliphatic heterocycles. The minimum absolute atomic E-state index is 0.136. The molecule has 4 N–H and O–H groups in total. The van der Waals surface area contributed by atoms with Crippen molar-refractivity contribution >= 4 is 22.8 Å². The number of benzene rings is 1. The number of rotatable bonds is 3. The number of aliphatic carboxylic acids is 1. The summed E-state index contributed by atoms with van der Waals surface area (Å²) in [4.78, 5) is 26.6. The van der Waals surface area contributed by atoms with Crippen LogP contribution in [0.1, 0.15) is 36.2 Å². The normalized spacial score (nSPS) is 21.6. The molecule has 1 amide bonds. The van der Waals surface area contributed by atoms with Gasteiger partial charge in [-0.2, -0.15) is 0 Å². The standard InChI is InChI=1S/C16H18N2O4/c19-10-5-6-12-9(7-10)8-14(17-12)15(20)18-13-4-2-1-3-11(13)16(21)22/h5-8,11,13,17,19H,1-4H2,(H,18,20)(H,21,22). The van der Waals surface area contributed by atoms with Crippen molar-refractivity contribution < 1.29 is 19.8 Å². The summed E-state index contributed by atoms with van der Waals surface area (Å²) < 4.78 is 0. The Morgan fingerprint density at radius 2 is 1.95 bits per heavy atom. The zero-order valence-electron chi connectivity index (χ0n) is 12.0. The Morgan fingerprint density at radius 3 is 2.73 bits per heavy atom. The van der Waals surface area contributed by atoms with Crippen molar-refractivity contribution in [2.24, 2.45) is 5.92 Å². The third-order valence-electron chi connectivity index (χ3n) is 4.25. The highest BCUT2D eigenvalue weighted by atomic mass is 16.4. The van der Waals surface area contributed by atoms with E-state index in [9.17, 15) is 19.8 Å². The van der Waals surface area contributed by atoms with Crippen LogP contribution in [-0.4, -0.2) is 33.1 Å². The van der Waals surface area contributed by atoms with Crippen LogP contribution in [0.15, 0.2) is 24.3 Å². The van der Waals surface area contributed by atoms with Gasteiger partial charge in [-0.15, -0.1) is 0 Å². The van der Waals surface area contributed by atoms with Crippen LogP contribution in [0.4, 0.5) is 0 Å². The van der Waals surface area contributed by atoms with Gasteiger partial charge in [0.05, 0.1) is 5.92 Å². The van der Waals surface area contributed by atoms with Crippen LogP contribution >= 0.6 is 0 Å². The Kier molecular flexibility index (Phi) is 3.75. The molecule has 2 unspecified atom stereocenters. The number of aromatic amines is 1. The molecule has 6 heteroatoms. The summed E-state index contributed by atoms with van der Waals surface area (Å²) in [6, 6.07) is 6.13. The van der Waals surface area contributed by atoms with Gasteiger partial charge in [0.2, 0.25) is 0 Å². The van der Waals surface area contributed by atoms with Crippen LogP contribution in [0, 0.1) is 5.92 Å². The molecule has 116 valence electrons. The molecule has 0 saturated heterocycles. The molecule has 1 fully saturated rings. The summed E-state index contributed by atoms with van der Waals surface area (Å²) in [5, 5.41) is 22.3. The number of carbonyl (C=O) groups excluding carboxylic acids is 1. The zero-order valence-corrected chi connectivity index (χ0v) is 12.0. The highest BCUT2D eigenvalue weighted by Gasteiger charge is 2.32. The molecule has 0 radical (unpaired) electrons. The summed E-state index contributed by atoms with van der Waals surface area (Å²) in [7, 11) is 0. The number of phenolic OH excluding ortho intramolecular Hbond substituents is 1. The molecule has 2 atom stereocenters. The van der Waals surface area contributed by atoms with E-state index in [-0.39, 0.29) is 17.7 Å². The molecule has 22 heavy (non-hydrogen) atoms. The van der Waals surface area contributed by atoms with E-state index in [0.29, 0.717) is 18.5 Å². The van der Waals surface area contributed by atoms with Gasteiger partial charge < -0.3 is 20.5 Å². The first-order chi connectivity index (χ1) is 10.5. The number of phenols is 1. The number of carboxylic acids is 1. The largest absolute Gasteiger partial charge is 0.508 e. The molecule has 0 spiro atoms. The number of hydrogen-bond acceptors (Lipinski definition) is 3. The van der Waals surface area contributed by atoms with Crippen LogP contribution in [0.25, 0.3) is 10.9 Å². The van der Waals surface area contributed by atoms with Crippen LogP contribution in [0.3, 0.4) is 0 Å². The molecule has 3 rings (SSSR count). The predicted molar refractivity (Wildman–Crippen MR) is 80.8 cm³/mol. The van der Waals surface area contributed by atoms with Crippen LogP contribution in [0.5, 0.6) is 5.75 Å². The molecule has 1 aliphatic carbocycles. The summed E-state index contributed by atoms with van der Waals surface area (Å²) in [6.45, 7) is 0. The lowest BCUT2D eigenvalue weighted by molar-refractivity contribution is -0.143. The second kappa shape index (κ2) is 5.71. The molecule has 1 heterocycles. The van der Waals surface area contributed by atoms with Gasteiger partial charge in [-0.1, -0.05) is 12.8 Å². The van der Waals surface area contributed by atoms with Crippen molar-refractivity contribution in [3.05, 3.63) is 30.0 Å². The van der Waals surface area contributed by atoms with E-state index in [2.05, 4.69) is 10.3 Å². The van der Waals surface area contributed by atoms with E-state index in [1.165, 1.54) is 0 Å². The Labute approximate surface area is 127 Å². The Hall–Kier alpha value is -2.50. The maximum Gasteiger partial charge on any atom is 0.308 e. The minimum Gasteiger partial charge on any atom is -0.508 e. The number of H-pyrrole nitrogens is 1. The fraction of sp³-hybridized carbons (Fsp3) is 0.375. The smallest absolute Gasteiger partial charge is 0.308 e. The van der Waals surface area contributed by atoms with Crippen molar-refractivity contribution in [3.63, 3.8) is 0 Å². The Balaban J connectivity index is 1.78. The van der Waals surface area contributed by atoms with Crippen LogP contribution in [-0.2, 0) is 4.79 Å². The second-order valence-electron chi connectivity index (χ2n) is 5.76. The lowest BCUT2D eigenvalue weighted by Crippen LogP contribution is -2.45. The highest BCUT2D eigenvalue weighted by molar-refractivity contribution is 5.98. The molecule has 2 aromatic rings. The van der Waals surface area contributed by atoms with E-state index in [1.54, 1.807) is 24.3 Å². The SMILES string of the molecule is O=C(NC1CCCCC1C(=O)O)c1cc2cc(O)ccc2[nH]1. The third-order valence-corrected chi connectivity index (χ3v) is 4.25. The van der Waals surface area contributed by atoms with E-state index in [4.69, 9.17) is 0 Å². The average molecular weight is 302 g/mol. The topological polar surface area (TPSA) is 102 Å². The predicted octanol–water partition coefficient (Wildman–Crippen LogP) is 2.25. The molecule has 6 nitrogen and oxygen atoms in total. The van der Waals surface area contributed by atoms with E-state index < -0.39 is 11.9 Å². The second-order valence-corrected chi connectivity index (χ2v) is 5.76. The van der Waals surface area contributed by atoms with E-state index in [1.807, 2.05) is 0 Å². The average Bonchev–Trinajstić information content (AvgIpc) is 2.90. The Morgan fingerprint density at radius 1 is 1.18 bits per heavy atom. The molecular weight excluding hydrogens is 284 g/mol. The van der Waals surface area contributed by atoms with Crippen molar-refractivity contribution in [2.45, 2.75) is 31.7 Å². The first-order valence-electron chi connectivity index (χ1n) is 7.40. The van der Waals surface area contributed by atoms with E-state index >= 15 is 0 Å². The van der Waals surface area contributed by atoms with Crippen LogP contribution < -0.4 is 5.32 Å². The van der Waals surface area contributed by atoms with Gasteiger partial charge in [-0.05, 0) is 37.1 Å². The van der Waals surface area contributed by atoms with Gasteiger partial charge in [0, 0.05) is 16.9 Å². The van der Waals surface area contributed by atoms with E-state index in [0.717, 1.165) is 23.7 Å². The van der Waals surface area contributed by atoms with Crippen molar-refractivity contribution in [1.82, 2.24) is 10.3 Å². The van der Waals surface area contributed by atoms with Gasteiger partial charge >= 0.3 is 5.97 Å². The Bertz CT molecular complexity index is 722. The van der Waals surface area contributed by atoms with Crippen molar-refractivity contribution in [3.8, 4) is 5.75 Å². The maximum absolute atomic E-state index is 12.3. The van der Waals surface area contributed by atoms with Gasteiger partial charge in [0.25, 0.3) is 5.91 Å². The highest BCUT2D eigenvalue weighted by Crippen LogP contribution is 2.25. The lowest BCUT2D eigenvalue weighted by Gasteiger charge is -2.29. The monoisotopic (exact) mass is 302 g/mol. The number of carbonyl (C=O) groups is 2. The third kappa shape index (κ3) is 2.77. The van der Waals surface area contributed by atoms with Gasteiger partial charge in [-0.25, -0.2) is 0 Å². The number of amides is 1. The quantitative estimate of drug-likeness (QED) is 0.698. The number of fused-ring (bicyclic) bond motifs is 1. The number of carboxylic acid groups (broad SMARTS) is 1. The molecular formula is C16H18N2O4. The number of aromatic nitrogens is 1. The fourth-order valence-electron chi connectivity index (χ4n) is 3.09. The van der Waals surface area contributed by atoms with Gasteiger partial charge in [-0.3, -0.25) is 9.59 Å². The van der Waals surface area contributed by atoms with Crippen molar-refractivity contribution in [1.29, 1.82) is 0 Å². The summed E-state index contributed by atoms with van der Waals surface area (Å²) in [5.41, 5.74) is 1.12. The summed E-state index contributed by atoms with van der Waals surface area (Å²) in [5.74, 6) is -1.55. The first-order valence-corrected chi connectivity index (χ1v) is 7.40. The molecule has 0 bridgehead atoms. The number of aromatic hydroxyl groups is 1.